The topological polar surface area (TPSA) is 523 Å². The van der Waals surface area contributed by atoms with E-state index in [1.807, 2.05) is 18.2 Å². The molecule has 0 saturated carbocycles. The van der Waals surface area contributed by atoms with Gasteiger partial charge in [0.15, 0.2) is 0 Å². The summed E-state index contributed by atoms with van der Waals surface area (Å²) in [6, 6.07) is 1.62. The highest BCUT2D eigenvalue weighted by molar-refractivity contribution is 6.03. The number of aliphatic hydroxyl groups is 3. The van der Waals surface area contributed by atoms with Crippen LogP contribution in [0.4, 0.5) is 0 Å². The highest BCUT2D eigenvalue weighted by Crippen LogP contribution is 2.28. The van der Waals surface area contributed by atoms with E-state index in [0.29, 0.717) is 0 Å². The minimum atomic E-state index is -1.90. The summed E-state index contributed by atoms with van der Waals surface area (Å²) < 4.78 is 0. The second-order valence-corrected chi connectivity index (χ2v) is 32.6. The van der Waals surface area contributed by atoms with Crippen molar-refractivity contribution in [2.45, 2.75) is 290 Å². The van der Waals surface area contributed by atoms with Crippen molar-refractivity contribution in [3.8, 4) is 0 Å². The first-order valence-corrected chi connectivity index (χ1v) is 36.4. The van der Waals surface area contributed by atoms with Gasteiger partial charge in [0.2, 0.25) is 94.5 Å². The molecule has 10 atom stereocenters. The van der Waals surface area contributed by atoms with Crippen LogP contribution in [0.15, 0.2) is 30.3 Å². The summed E-state index contributed by atoms with van der Waals surface area (Å²) in [5, 5.41) is 65.7. The quantitative estimate of drug-likeness (QED) is 0.0316. The molecule has 2 aliphatic heterocycles. The van der Waals surface area contributed by atoms with Crippen molar-refractivity contribution < 1.29 is 92.0 Å². The van der Waals surface area contributed by atoms with Gasteiger partial charge in [0.1, 0.15) is 74.5 Å². The predicted molar refractivity (Wildman–Crippen MR) is 396 cm³/mol. The Bertz CT molecular complexity index is 3510. The Morgan fingerprint density at radius 1 is 0.500 bits per heavy atom. The largest absolute Gasteiger partial charge is 0.394 e. The van der Waals surface area contributed by atoms with E-state index >= 15 is 0 Å². The predicted octanol–water partition coefficient (Wildman–Crippen LogP) is -2.87. The molecule has 0 radical (unpaired) electrons. The number of primary amides is 1. The van der Waals surface area contributed by atoms with E-state index in [1.54, 1.807) is 53.7 Å². The molecular formula is C73H120N16O19. The average molecular weight is 1530 g/mol. The third-order valence-electron chi connectivity index (χ3n) is 19.1. The minimum absolute atomic E-state index is 0.0199. The van der Waals surface area contributed by atoms with Crippen LogP contribution in [-0.4, -0.2) is 239 Å². The first-order chi connectivity index (χ1) is 49.4. The highest BCUT2D eigenvalue weighted by Gasteiger charge is 2.51. The second kappa shape index (κ2) is 37.6. The second-order valence-electron chi connectivity index (χ2n) is 32.6. The normalized spacial score (nSPS) is 18.5. The number of rotatable bonds is 38. The van der Waals surface area contributed by atoms with Crippen LogP contribution in [0, 0.1) is 11.8 Å². The van der Waals surface area contributed by atoms with Gasteiger partial charge in [-0.2, -0.15) is 0 Å². The molecule has 2 saturated heterocycles. The fraction of sp³-hybridized carbons (Fsp3) is 0.699. The summed E-state index contributed by atoms with van der Waals surface area (Å²) in [6.07, 6.45) is -3.93. The maximum Gasteiger partial charge on any atom is 0.248 e. The molecule has 2 heterocycles. The van der Waals surface area contributed by atoms with E-state index in [4.69, 9.17) is 5.73 Å². The Labute approximate surface area is 632 Å². The Morgan fingerprint density at radius 3 is 1.41 bits per heavy atom. The number of aliphatic hydroxyl groups excluding tert-OH is 3. The fourth-order valence-electron chi connectivity index (χ4n) is 11.8. The fourth-order valence-corrected chi connectivity index (χ4v) is 11.8. The van der Waals surface area contributed by atoms with Crippen molar-refractivity contribution in [1.29, 1.82) is 0 Å². The van der Waals surface area contributed by atoms with Gasteiger partial charge in [0.05, 0.1) is 31.4 Å². The van der Waals surface area contributed by atoms with Gasteiger partial charge in [0, 0.05) is 39.3 Å². The van der Waals surface area contributed by atoms with Crippen molar-refractivity contribution in [2.24, 2.45) is 17.6 Å². The lowest BCUT2D eigenvalue weighted by atomic mass is 9.93. The summed E-state index contributed by atoms with van der Waals surface area (Å²) in [5.41, 5.74) is -7.56. The molecule has 16 amide bonds. The van der Waals surface area contributed by atoms with Crippen molar-refractivity contribution in [1.82, 2.24) is 78.9 Å². The first kappa shape index (κ1) is 92.8. The Morgan fingerprint density at radius 2 is 0.944 bits per heavy atom. The lowest BCUT2D eigenvalue weighted by Crippen LogP contribution is -2.68. The molecule has 0 aliphatic carbocycles. The molecule has 18 N–H and O–H groups in total. The number of likely N-dealkylation sites (tertiary alicyclic amines) is 2. The number of β-amino-alcohol motifs (C(OH)–C–C–N with tert-alkyl or cyclic N) is 2. The van der Waals surface area contributed by atoms with Crippen LogP contribution in [-0.2, 0) is 83.1 Å². The highest BCUT2D eigenvalue weighted by atomic mass is 16.3. The van der Waals surface area contributed by atoms with Gasteiger partial charge in [-0.1, -0.05) is 71.9 Å². The van der Waals surface area contributed by atoms with E-state index in [-0.39, 0.29) is 56.9 Å². The van der Waals surface area contributed by atoms with E-state index in [2.05, 4.69) is 69.1 Å². The van der Waals surface area contributed by atoms with Gasteiger partial charge in [-0.3, -0.25) is 76.7 Å². The zero-order chi connectivity index (χ0) is 83.0. The molecule has 2 fully saturated rings. The molecule has 0 bridgehead atoms. The number of hydrogen-bond donors (Lipinski definition) is 17. The monoisotopic (exact) mass is 1520 g/mol. The molecule has 0 spiro atoms. The minimum Gasteiger partial charge on any atom is -0.394 e. The number of carbonyl (C=O) groups excluding carboxylic acids is 16. The van der Waals surface area contributed by atoms with Crippen LogP contribution in [0.3, 0.4) is 0 Å². The van der Waals surface area contributed by atoms with Gasteiger partial charge >= 0.3 is 0 Å². The summed E-state index contributed by atoms with van der Waals surface area (Å²) in [5.74, 6) is -13.6. The van der Waals surface area contributed by atoms with E-state index in [0.717, 1.165) is 15.4 Å². The number of nitrogens with two attached hydrogens (primary N) is 1. The van der Waals surface area contributed by atoms with Crippen LogP contribution in [0.5, 0.6) is 0 Å². The lowest BCUT2D eigenvalue weighted by molar-refractivity contribution is -0.147. The van der Waals surface area contributed by atoms with Gasteiger partial charge < -0.3 is 100.0 Å². The molecular weight excluding hydrogens is 1400 g/mol. The molecule has 0 unspecified atom stereocenters. The van der Waals surface area contributed by atoms with E-state index < -0.39 is 220 Å². The zero-order valence-electron chi connectivity index (χ0n) is 66.5. The van der Waals surface area contributed by atoms with Gasteiger partial charge in [-0.15, -0.1) is 0 Å². The van der Waals surface area contributed by atoms with Crippen LogP contribution in [0.25, 0.3) is 0 Å². The van der Waals surface area contributed by atoms with Gasteiger partial charge in [-0.05, 0) is 146 Å². The third kappa shape index (κ3) is 25.9. The Balaban J connectivity index is 1.72. The lowest BCUT2D eigenvalue weighted by Gasteiger charge is -2.38. The number of nitrogens with one attached hydrogen (secondary N) is 13. The molecule has 2 aliphatic rings. The van der Waals surface area contributed by atoms with Crippen molar-refractivity contribution >= 4 is 94.5 Å². The maximum atomic E-state index is 14.6. The van der Waals surface area contributed by atoms with Crippen molar-refractivity contribution in [3.63, 3.8) is 0 Å². The summed E-state index contributed by atoms with van der Waals surface area (Å²) in [6.45, 7) is 28.4. The Hall–Kier alpha value is -9.38. The van der Waals surface area contributed by atoms with Crippen molar-refractivity contribution in [3.05, 3.63) is 35.9 Å². The molecule has 1 aromatic rings. The van der Waals surface area contributed by atoms with Crippen LogP contribution >= 0.6 is 0 Å². The maximum absolute atomic E-state index is 14.6. The van der Waals surface area contributed by atoms with Crippen LogP contribution in [0.1, 0.15) is 196 Å². The molecule has 35 heteroatoms. The SMILES string of the molecule is CC[C@@](C)(NC(=O)[C@H](CC(C)C)NC(=O)CNC(=O)C(C)(C)NC(=O)C(C)(C)NC(=O)C(C)(C)NC(=O)C(C)(C)NC(=O)[C@@H](NC(C)=O)C(C)C)C(=O)NC(C)(C)C(=O)N1C[C@H](O)C[C@H]1C(=O)N[C@@H](CCC(N)=O)C(=O)N[C@](C)(CC)C(=O)N1C[C@H](O)C[C@H]1C(=O)NC(C)(C)C(=O)N[C@H](CO)Cc1ccccc1. The summed E-state index contributed by atoms with van der Waals surface area (Å²) in [4.78, 5) is 222. The molecule has 35 nitrogen and oxygen atoms in total. The van der Waals surface area contributed by atoms with E-state index in [9.17, 15) is 92.0 Å². The molecule has 0 aromatic heterocycles. The van der Waals surface area contributed by atoms with Gasteiger partial charge in [-0.25, -0.2) is 0 Å². The summed E-state index contributed by atoms with van der Waals surface area (Å²) in [7, 11) is 0. The molecule has 606 valence electrons. The summed E-state index contributed by atoms with van der Waals surface area (Å²) >= 11 is 0. The number of nitrogens with zero attached hydrogens (tertiary/aromatic N) is 2. The van der Waals surface area contributed by atoms with E-state index in [1.165, 1.54) is 104 Å². The van der Waals surface area contributed by atoms with Crippen LogP contribution < -0.4 is 74.9 Å². The number of benzene rings is 1. The number of amides is 16. The van der Waals surface area contributed by atoms with Gasteiger partial charge in [0.25, 0.3) is 0 Å². The zero-order valence-corrected chi connectivity index (χ0v) is 66.5. The van der Waals surface area contributed by atoms with Crippen LogP contribution in [0.2, 0.25) is 0 Å². The Kier molecular flexibility index (Phi) is 32.3. The third-order valence-corrected chi connectivity index (χ3v) is 19.1. The molecule has 1 aromatic carbocycles. The average Bonchev–Trinajstić information content (AvgIpc) is 1.23. The molecule has 3 rings (SSSR count). The van der Waals surface area contributed by atoms with Crippen molar-refractivity contribution in [2.75, 3.05) is 26.2 Å². The number of hydrogen-bond acceptors (Lipinski definition) is 19. The smallest absolute Gasteiger partial charge is 0.248 e. The number of carbonyl (C=O) groups is 16. The standard InChI is InChI=1S/C73H120N16O19/c1-22-72(20,82-54(97)47(31-39(3)4)78-51(95)35-75-58(101)66(8,9)84-61(104)69(14,15)86-62(105)70(16,17)85-60(103)68(12,13)81-57(100)52(40(5)6)76-41(7)91)63(106)87-71(18,19)64(107)88-36-44(92)33-48(88)55(98)79-46(29-30-50(74)94)53(96)83-73(21,23-2)65(108)89-37-45(93)34-49(89)56(99)80-67(10,11)59(102)77-43(38-90)32-42-27-25-24-26-28-42/h24-28,39-40,43-49,52,90,92-93H,22-23,29-38H2,1-21H3,(H2,74,94)(H,75,101)(H,76,91)(H,77,102)(H,78,95)(H,79,98)(H,80,99)(H,81,100)(H,82,97)(H,83,96)(H,84,104)(H,85,103)(H,86,105)(H,87,106)/t43-,44+,45+,46-,47-,48-,49-,52-,72+,73+/m0/s1. The first-order valence-electron chi connectivity index (χ1n) is 36.4. The molecule has 108 heavy (non-hydrogen) atoms.